The van der Waals surface area contributed by atoms with Gasteiger partial charge in [0.2, 0.25) is 0 Å². The van der Waals surface area contributed by atoms with Gasteiger partial charge in [-0.05, 0) is 25.1 Å². The van der Waals surface area contributed by atoms with E-state index in [2.05, 4.69) is 10.3 Å². The Morgan fingerprint density at radius 3 is 2.86 bits per heavy atom. The fourth-order valence-electron chi connectivity index (χ4n) is 1.82. The van der Waals surface area contributed by atoms with Crippen molar-refractivity contribution in [2.75, 3.05) is 7.11 Å². The fraction of sp³-hybridized carbons (Fsp3) is 0.286. The lowest BCUT2D eigenvalue weighted by Gasteiger charge is -2.11. The molecule has 2 rings (SSSR count). The van der Waals surface area contributed by atoms with Crippen LogP contribution in [0.15, 0.2) is 35.7 Å². The van der Waals surface area contributed by atoms with E-state index in [1.54, 1.807) is 24.4 Å². The van der Waals surface area contributed by atoms with Crippen molar-refractivity contribution in [3.8, 4) is 11.5 Å². The number of benzene rings is 1. The summed E-state index contributed by atoms with van der Waals surface area (Å²) in [5, 5.41) is 15.8. The van der Waals surface area contributed by atoms with E-state index in [9.17, 15) is 0 Å². The normalized spacial score (nSPS) is 11.4. The van der Waals surface area contributed by atoms with Crippen LogP contribution in [0.1, 0.15) is 18.1 Å². The topological polar surface area (TPSA) is 94.9 Å². The third-order valence-electron chi connectivity index (χ3n) is 2.97. The Morgan fingerprint density at radius 2 is 2.24 bits per heavy atom. The van der Waals surface area contributed by atoms with Gasteiger partial charge in [-0.3, -0.25) is 4.68 Å². The Morgan fingerprint density at radius 1 is 1.43 bits per heavy atom. The third kappa shape index (κ3) is 3.44. The highest BCUT2D eigenvalue weighted by Gasteiger charge is 2.09. The first-order valence-corrected chi connectivity index (χ1v) is 6.48. The molecule has 7 nitrogen and oxygen atoms in total. The maximum Gasteiger partial charge on any atom is 0.170 e. The van der Waals surface area contributed by atoms with E-state index in [1.165, 1.54) is 7.11 Å². The van der Waals surface area contributed by atoms with Crippen molar-refractivity contribution in [2.45, 2.75) is 20.1 Å². The maximum atomic E-state index is 8.68. The van der Waals surface area contributed by atoms with Crippen LogP contribution in [0.5, 0.6) is 11.5 Å². The average Bonchev–Trinajstić information content (AvgIpc) is 3.00. The Kier molecular flexibility index (Phi) is 4.65. The number of aryl methyl sites for hydroxylation is 1. The largest absolute Gasteiger partial charge is 0.493 e. The van der Waals surface area contributed by atoms with Crippen molar-refractivity contribution in [2.24, 2.45) is 10.9 Å². The van der Waals surface area contributed by atoms with Gasteiger partial charge in [0, 0.05) is 23.9 Å². The number of rotatable bonds is 6. The summed E-state index contributed by atoms with van der Waals surface area (Å²) in [5.41, 5.74) is 7.07. The van der Waals surface area contributed by atoms with E-state index in [4.69, 9.17) is 20.4 Å². The van der Waals surface area contributed by atoms with Gasteiger partial charge in [0.25, 0.3) is 0 Å². The predicted molar refractivity (Wildman–Crippen MR) is 77.7 cm³/mol. The van der Waals surface area contributed by atoms with Crippen LogP contribution in [0.3, 0.4) is 0 Å². The molecule has 112 valence electrons. The number of ether oxygens (including phenoxy) is 2. The molecule has 1 heterocycles. The molecule has 0 saturated heterocycles. The first-order chi connectivity index (χ1) is 10.2. The third-order valence-corrected chi connectivity index (χ3v) is 2.97. The zero-order valence-corrected chi connectivity index (χ0v) is 12.0. The SMILES string of the molecule is CCn1cc(COc2ccc(C(N)=NO)cc2OC)cn1. The van der Waals surface area contributed by atoms with Gasteiger partial charge in [-0.25, -0.2) is 0 Å². The average molecular weight is 290 g/mol. The molecule has 1 aromatic carbocycles. The lowest BCUT2D eigenvalue weighted by molar-refractivity contribution is 0.284. The molecule has 0 aliphatic rings. The first kappa shape index (κ1) is 14.7. The first-order valence-electron chi connectivity index (χ1n) is 6.48. The van der Waals surface area contributed by atoms with E-state index < -0.39 is 0 Å². The highest BCUT2D eigenvalue weighted by molar-refractivity contribution is 5.97. The van der Waals surface area contributed by atoms with Gasteiger partial charge in [0.1, 0.15) is 6.61 Å². The van der Waals surface area contributed by atoms with Crippen molar-refractivity contribution < 1.29 is 14.7 Å². The molecule has 21 heavy (non-hydrogen) atoms. The van der Waals surface area contributed by atoms with Crippen molar-refractivity contribution in [3.63, 3.8) is 0 Å². The molecule has 2 aromatic rings. The molecule has 0 bridgehead atoms. The molecule has 0 spiro atoms. The molecule has 0 aliphatic carbocycles. The number of methoxy groups -OCH3 is 1. The summed E-state index contributed by atoms with van der Waals surface area (Å²) in [6.45, 7) is 3.23. The lowest BCUT2D eigenvalue weighted by atomic mass is 10.2. The van der Waals surface area contributed by atoms with Crippen LogP contribution >= 0.6 is 0 Å². The zero-order valence-electron chi connectivity index (χ0n) is 12.0. The van der Waals surface area contributed by atoms with Crippen molar-refractivity contribution >= 4 is 5.84 Å². The van der Waals surface area contributed by atoms with Crippen LogP contribution in [-0.2, 0) is 13.2 Å². The van der Waals surface area contributed by atoms with Gasteiger partial charge >= 0.3 is 0 Å². The molecule has 0 atom stereocenters. The van der Waals surface area contributed by atoms with Gasteiger partial charge < -0.3 is 20.4 Å². The van der Waals surface area contributed by atoms with Crippen LogP contribution < -0.4 is 15.2 Å². The second-order valence-electron chi connectivity index (χ2n) is 4.34. The van der Waals surface area contributed by atoms with Crippen molar-refractivity contribution in [1.29, 1.82) is 0 Å². The van der Waals surface area contributed by atoms with Gasteiger partial charge in [-0.15, -0.1) is 0 Å². The summed E-state index contributed by atoms with van der Waals surface area (Å²) in [6.07, 6.45) is 3.69. The number of amidine groups is 1. The molecule has 0 aliphatic heterocycles. The van der Waals surface area contributed by atoms with Crippen molar-refractivity contribution in [3.05, 3.63) is 41.7 Å². The van der Waals surface area contributed by atoms with Gasteiger partial charge in [-0.2, -0.15) is 5.10 Å². The van der Waals surface area contributed by atoms with E-state index in [0.29, 0.717) is 23.7 Å². The Balaban J connectivity index is 2.12. The van der Waals surface area contributed by atoms with E-state index in [-0.39, 0.29) is 5.84 Å². The van der Waals surface area contributed by atoms with Crippen LogP contribution in [0, 0.1) is 0 Å². The monoisotopic (exact) mass is 290 g/mol. The zero-order chi connectivity index (χ0) is 15.2. The standard InChI is InChI=1S/C14H18N4O3/c1-3-18-8-10(7-16-18)9-21-12-5-4-11(14(15)17-19)6-13(12)20-2/h4-8,19H,3,9H2,1-2H3,(H2,15,17). The minimum absolute atomic E-state index is 0.0177. The summed E-state index contributed by atoms with van der Waals surface area (Å²) in [7, 11) is 1.54. The number of hydrogen-bond donors (Lipinski definition) is 2. The Hall–Kier alpha value is -2.70. The molecular formula is C14H18N4O3. The summed E-state index contributed by atoms with van der Waals surface area (Å²) in [5.74, 6) is 1.11. The second-order valence-corrected chi connectivity index (χ2v) is 4.34. The smallest absolute Gasteiger partial charge is 0.170 e. The van der Waals surface area contributed by atoms with Crippen LogP contribution in [0.4, 0.5) is 0 Å². The Labute approximate surface area is 122 Å². The molecule has 0 unspecified atom stereocenters. The number of oxime groups is 1. The van der Waals surface area contributed by atoms with Crippen LogP contribution in [0.25, 0.3) is 0 Å². The summed E-state index contributed by atoms with van der Waals surface area (Å²) in [6, 6.07) is 5.07. The van der Waals surface area contributed by atoms with E-state index in [1.807, 2.05) is 17.8 Å². The van der Waals surface area contributed by atoms with E-state index >= 15 is 0 Å². The molecule has 0 radical (unpaired) electrons. The van der Waals surface area contributed by atoms with Crippen molar-refractivity contribution in [1.82, 2.24) is 9.78 Å². The maximum absolute atomic E-state index is 8.68. The van der Waals surface area contributed by atoms with Crippen LogP contribution in [-0.4, -0.2) is 27.9 Å². The van der Waals surface area contributed by atoms with Gasteiger partial charge in [0.15, 0.2) is 17.3 Å². The second kappa shape index (κ2) is 6.65. The number of nitrogens with two attached hydrogens (primary N) is 1. The van der Waals surface area contributed by atoms with E-state index in [0.717, 1.165) is 12.1 Å². The summed E-state index contributed by atoms with van der Waals surface area (Å²) in [4.78, 5) is 0. The molecule has 0 saturated carbocycles. The molecular weight excluding hydrogens is 272 g/mol. The quantitative estimate of drug-likeness (QED) is 0.364. The number of nitrogens with zero attached hydrogens (tertiary/aromatic N) is 3. The Bertz CT molecular complexity index is 637. The fourth-order valence-corrected chi connectivity index (χ4v) is 1.82. The molecule has 0 fully saturated rings. The number of hydrogen-bond acceptors (Lipinski definition) is 5. The summed E-state index contributed by atoms with van der Waals surface area (Å²) < 4.78 is 12.8. The predicted octanol–water partition coefficient (Wildman–Crippen LogP) is 1.59. The van der Waals surface area contributed by atoms with Gasteiger partial charge in [-0.1, -0.05) is 5.16 Å². The van der Waals surface area contributed by atoms with Gasteiger partial charge in [0.05, 0.1) is 13.3 Å². The lowest BCUT2D eigenvalue weighted by Crippen LogP contribution is -2.13. The number of aromatic nitrogens is 2. The molecule has 3 N–H and O–H groups in total. The highest BCUT2D eigenvalue weighted by Crippen LogP contribution is 2.28. The molecule has 0 amide bonds. The highest BCUT2D eigenvalue weighted by atomic mass is 16.5. The minimum Gasteiger partial charge on any atom is -0.493 e. The summed E-state index contributed by atoms with van der Waals surface area (Å²) >= 11 is 0. The molecule has 7 heteroatoms. The minimum atomic E-state index is 0.0177. The van der Waals surface area contributed by atoms with Crippen LogP contribution in [0.2, 0.25) is 0 Å². The molecule has 1 aromatic heterocycles.